The summed E-state index contributed by atoms with van der Waals surface area (Å²) in [6.45, 7) is 6.01. The number of hydrogen-bond acceptors (Lipinski definition) is 9. The third-order valence-electron chi connectivity index (χ3n) is 12.4. The molecule has 5 aliphatic heterocycles. The number of piperidine rings is 3. The molecule has 284 valence electrons. The number of ether oxygens (including phenoxy) is 1. The molecular formula is C42H50ClN7O4. The average molecular weight is 752 g/mol. The number of nitrogens with one attached hydrogen (secondary N) is 2. The SMILES string of the molecule is N#Cc1ccc(OC2CCC(N3NC=CC=C3N3CCC(CN4CCC(Cc5ccc6c(c5)CN(C5CCC(=O)NC5=O)C6=O)CC4)CC3)CC2)cc1Cl. The number of nitriles is 1. The van der Waals surface area contributed by atoms with Crippen LogP contribution in [0.5, 0.6) is 5.75 Å². The van der Waals surface area contributed by atoms with Crippen LogP contribution >= 0.6 is 11.6 Å². The van der Waals surface area contributed by atoms with Crippen molar-refractivity contribution >= 4 is 29.3 Å². The van der Waals surface area contributed by atoms with Crippen LogP contribution in [0.1, 0.15) is 91.3 Å². The highest BCUT2D eigenvalue weighted by atomic mass is 35.5. The fourth-order valence-electron chi connectivity index (χ4n) is 9.40. The van der Waals surface area contributed by atoms with Gasteiger partial charge in [0.2, 0.25) is 11.8 Å². The van der Waals surface area contributed by atoms with Gasteiger partial charge in [-0.15, -0.1) is 0 Å². The van der Waals surface area contributed by atoms with E-state index in [0.717, 1.165) is 69.6 Å². The molecule has 3 saturated heterocycles. The van der Waals surface area contributed by atoms with Gasteiger partial charge in [-0.05, 0) is 131 Å². The van der Waals surface area contributed by atoms with E-state index in [9.17, 15) is 14.4 Å². The predicted octanol–water partition coefficient (Wildman–Crippen LogP) is 5.50. The average Bonchev–Trinajstić information content (AvgIpc) is 3.51. The minimum absolute atomic E-state index is 0.107. The Morgan fingerprint density at radius 1 is 0.889 bits per heavy atom. The maximum Gasteiger partial charge on any atom is 0.255 e. The van der Waals surface area contributed by atoms with E-state index in [2.05, 4.69) is 55.9 Å². The molecule has 1 aliphatic carbocycles. The molecular weight excluding hydrogens is 702 g/mol. The highest BCUT2D eigenvalue weighted by molar-refractivity contribution is 6.31. The minimum Gasteiger partial charge on any atom is -0.490 e. The number of carbonyl (C=O) groups is 3. The van der Waals surface area contributed by atoms with Crippen molar-refractivity contribution in [3.8, 4) is 11.8 Å². The Morgan fingerprint density at radius 3 is 2.41 bits per heavy atom. The van der Waals surface area contributed by atoms with Gasteiger partial charge in [0.05, 0.1) is 22.7 Å². The molecule has 5 heterocycles. The largest absolute Gasteiger partial charge is 0.490 e. The standard InChI is InChI=1S/C42H50ClN7O4/c43-37-24-35(7-4-31(37)25-44)54-34-8-5-33(6-9-34)50-40(2-1-17-45-50)48-20-15-29(16-21-48)26-47-18-13-28(14-19-47)22-30-3-10-36-32(23-30)27-49(42(36)53)38-11-12-39(51)46-41(38)52/h1-4,7,10,17,23-24,28-29,33-34,38,45H,5-6,8-9,11-16,18-22,26-27H2,(H,46,51,52). The van der Waals surface area contributed by atoms with Gasteiger partial charge in [-0.1, -0.05) is 23.7 Å². The first-order chi connectivity index (χ1) is 26.3. The lowest BCUT2D eigenvalue weighted by Gasteiger charge is -2.46. The van der Waals surface area contributed by atoms with Gasteiger partial charge in [-0.2, -0.15) is 5.26 Å². The van der Waals surface area contributed by atoms with Gasteiger partial charge < -0.3 is 24.9 Å². The van der Waals surface area contributed by atoms with E-state index in [1.165, 1.54) is 43.6 Å². The van der Waals surface area contributed by atoms with Crippen LogP contribution in [0.2, 0.25) is 5.02 Å². The van der Waals surface area contributed by atoms with Gasteiger partial charge in [0.15, 0.2) is 0 Å². The maximum absolute atomic E-state index is 13.1. The van der Waals surface area contributed by atoms with Crippen molar-refractivity contribution in [1.82, 2.24) is 30.5 Å². The lowest BCUT2D eigenvalue weighted by Crippen LogP contribution is -2.52. The van der Waals surface area contributed by atoms with Crippen molar-refractivity contribution in [2.45, 2.75) is 95.4 Å². The third-order valence-corrected chi connectivity index (χ3v) is 12.8. The molecule has 6 aliphatic rings. The van der Waals surface area contributed by atoms with Gasteiger partial charge in [0, 0.05) is 50.4 Å². The van der Waals surface area contributed by atoms with Crippen molar-refractivity contribution in [3.63, 3.8) is 0 Å². The molecule has 0 bridgehead atoms. The number of likely N-dealkylation sites (tertiary alicyclic amines) is 2. The van der Waals surface area contributed by atoms with Crippen molar-refractivity contribution in [2.24, 2.45) is 11.8 Å². The summed E-state index contributed by atoms with van der Waals surface area (Å²) in [6, 6.07) is 13.4. The Hall–Kier alpha value is -4.53. The van der Waals surface area contributed by atoms with Crippen molar-refractivity contribution in [1.29, 1.82) is 5.26 Å². The molecule has 1 atom stereocenters. The van der Waals surface area contributed by atoms with E-state index in [1.807, 2.05) is 18.3 Å². The summed E-state index contributed by atoms with van der Waals surface area (Å²) in [5.41, 5.74) is 6.97. The van der Waals surface area contributed by atoms with Crippen LogP contribution in [0.3, 0.4) is 0 Å². The van der Waals surface area contributed by atoms with E-state index < -0.39 is 6.04 Å². The van der Waals surface area contributed by atoms with Crippen LogP contribution in [-0.4, -0.2) is 88.3 Å². The number of imide groups is 1. The van der Waals surface area contributed by atoms with Crippen LogP contribution in [0.15, 0.2) is 60.6 Å². The molecule has 2 aromatic carbocycles. The summed E-state index contributed by atoms with van der Waals surface area (Å²) in [5.74, 6) is 2.61. The van der Waals surface area contributed by atoms with E-state index in [4.69, 9.17) is 21.6 Å². The van der Waals surface area contributed by atoms with Crippen molar-refractivity contribution in [3.05, 3.63) is 87.8 Å². The molecule has 2 N–H and O–H groups in total. The number of nitrogens with zero attached hydrogens (tertiary/aromatic N) is 5. The Labute approximate surface area is 322 Å². The number of halogens is 1. The summed E-state index contributed by atoms with van der Waals surface area (Å²) >= 11 is 6.23. The fraction of sp³-hybridized carbons (Fsp3) is 0.524. The molecule has 12 heteroatoms. The highest BCUT2D eigenvalue weighted by Crippen LogP contribution is 2.34. The number of rotatable bonds is 9. The molecule has 8 rings (SSSR count). The van der Waals surface area contributed by atoms with Crippen molar-refractivity contribution in [2.75, 3.05) is 32.7 Å². The molecule has 11 nitrogen and oxygen atoms in total. The Kier molecular flexibility index (Phi) is 10.8. The molecule has 1 saturated carbocycles. The minimum atomic E-state index is -0.573. The van der Waals surface area contributed by atoms with Gasteiger partial charge in [0.1, 0.15) is 23.7 Å². The first kappa shape index (κ1) is 36.4. The Bertz CT molecular complexity index is 1850. The summed E-state index contributed by atoms with van der Waals surface area (Å²) < 4.78 is 6.26. The van der Waals surface area contributed by atoms with Crippen LogP contribution in [0.4, 0.5) is 0 Å². The first-order valence-corrected chi connectivity index (χ1v) is 20.2. The van der Waals surface area contributed by atoms with E-state index in [0.29, 0.717) is 47.0 Å². The number of fused-ring (bicyclic) bond motifs is 1. The molecule has 4 fully saturated rings. The van der Waals surface area contributed by atoms with E-state index in [-0.39, 0.29) is 30.2 Å². The molecule has 0 spiro atoms. The van der Waals surface area contributed by atoms with E-state index in [1.54, 1.807) is 17.0 Å². The van der Waals surface area contributed by atoms with Gasteiger partial charge in [0.25, 0.3) is 5.91 Å². The molecule has 54 heavy (non-hydrogen) atoms. The third kappa shape index (κ3) is 7.96. The monoisotopic (exact) mass is 751 g/mol. The number of hydrazine groups is 1. The zero-order valence-electron chi connectivity index (χ0n) is 30.9. The topological polar surface area (TPSA) is 121 Å². The Balaban J connectivity index is 0.764. The highest BCUT2D eigenvalue weighted by Gasteiger charge is 2.39. The predicted molar refractivity (Wildman–Crippen MR) is 205 cm³/mol. The maximum atomic E-state index is 13.1. The van der Waals surface area contributed by atoms with Crippen LogP contribution in [0.25, 0.3) is 0 Å². The summed E-state index contributed by atoms with van der Waals surface area (Å²) in [5, 5.41) is 14.4. The summed E-state index contributed by atoms with van der Waals surface area (Å²) in [6.07, 6.45) is 17.0. The van der Waals surface area contributed by atoms with Gasteiger partial charge in [-0.25, -0.2) is 0 Å². The normalized spacial score (nSPS) is 25.6. The molecule has 2 aromatic rings. The summed E-state index contributed by atoms with van der Waals surface area (Å²) in [4.78, 5) is 44.0. The van der Waals surface area contributed by atoms with Gasteiger partial charge in [-0.3, -0.25) is 24.7 Å². The Morgan fingerprint density at radius 2 is 1.67 bits per heavy atom. The molecule has 0 aromatic heterocycles. The van der Waals surface area contributed by atoms with Crippen LogP contribution in [0, 0.1) is 23.2 Å². The molecule has 0 radical (unpaired) electrons. The molecule has 1 unspecified atom stereocenters. The zero-order valence-corrected chi connectivity index (χ0v) is 31.6. The van der Waals surface area contributed by atoms with E-state index >= 15 is 0 Å². The number of amides is 3. The summed E-state index contributed by atoms with van der Waals surface area (Å²) in [7, 11) is 0. The number of benzene rings is 2. The first-order valence-electron chi connectivity index (χ1n) is 19.8. The van der Waals surface area contributed by atoms with Crippen molar-refractivity contribution < 1.29 is 19.1 Å². The van der Waals surface area contributed by atoms with Crippen LogP contribution < -0.4 is 15.5 Å². The lowest BCUT2D eigenvalue weighted by atomic mass is 9.88. The molecule has 3 amide bonds. The number of allylic oxidation sites excluding steroid dienone is 2. The zero-order chi connectivity index (χ0) is 37.2. The smallest absolute Gasteiger partial charge is 0.255 e. The fourth-order valence-corrected chi connectivity index (χ4v) is 9.61. The van der Waals surface area contributed by atoms with Gasteiger partial charge >= 0.3 is 0 Å². The quantitative estimate of drug-likeness (QED) is 0.320. The number of carbonyl (C=O) groups excluding carboxylic acids is 3. The van der Waals surface area contributed by atoms with Crippen LogP contribution in [-0.2, 0) is 22.6 Å². The second-order valence-corrected chi connectivity index (χ2v) is 16.4. The number of hydrogen-bond donors (Lipinski definition) is 2. The second-order valence-electron chi connectivity index (χ2n) is 16.0. The second kappa shape index (κ2) is 16.1. The lowest BCUT2D eigenvalue weighted by molar-refractivity contribution is -0.136.